The Morgan fingerprint density at radius 1 is 1.56 bits per heavy atom. The van der Waals surface area contributed by atoms with Crippen molar-refractivity contribution in [2.24, 2.45) is 5.92 Å². The van der Waals surface area contributed by atoms with Crippen molar-refractivity contribution in [3.05, 3.63) is 12.2 Å². The third-order valence-corrected chi connectivity index (χ3v) is 2.87. The second kappa shape index (κ2) is 6.47. The molecule has 0 bridgehead atoms. The van der Waals surface area contributed by atoms with Gasteiger partial charge in [-0.3, -0.25) is 4.79 Å². The van der Waals surface area contributed by atoms with Crippen LogP contribution in [0, 0.1) is 5.92 Å². The van der Waals surface area contributed by atoms with Gasteiger partial charge in [0.1, 0.15) is 6.04 Å². The molecule has 6 heteroatoms. The molecule has 0 aromatic carbocycles. The van der Waals surface area contributed by atoms with E-state index in [2.05, 4.69) is 0 Å². The lowest BCUT2D eigenvalue weighted by Gasteiger charge is -2.25. The highest BCUT2D eigenvalue weighted by Crippen LogP contribution is 2.24. The number of carbonyl (C=O) groups is 2. The molecular formula is C12H17F2NO3. The summed E-state index contributed by atoms with van der Waals surface area (Å²) in [6, 6.07) is -0.668. The Balaban J connectivity index is 2.73. The maximum Gasteiger partial charge on any atom is 0.328 e. The largest absolute Gasteiger partial charge is 0.464 e. The van der Waals surface area contributed by atoms with E-state index in [0.717, 1.165) is 6.08 Å². The third-order valence-electron chi connectivity index (χ3n) is 2.87. The van der Waals surface area contributed by atoms with Crippen molar-refractivity contribution in [2.45, 2.75) is 32.7 Å². The van der Waals surface area contributed by atoms with Gasteiger partial charge < -0.3 is 9.64 Å². The van der Waals surface area contributed by atoms with Crippen molar-refractivity contribution < 1.29 is 23.1 Å². The number of nitrogens with zero attached hydrogens (tertiary/aromatic N) is 1. The average Bonchev–Trinajstić information content (AvgIpc) is 2.60. The molecule has 0 radical (unpaired) electrons. The van der Waals surface area contributed by atoms with Gasteiger partial charge in [0.25, 0.3) is 6.08 Å². The highest BCUT2D eigenvalue weighted by atomic mass is 19.3. The third kappa shape index (κ3) is 3.51. The minimum Gasteiger partial charge on any atom is -0.464 e. The molecule has 0 saturated carbocycles. The van der Waals surface area contributed by atoms with E-state index >= 15 is 0 Å². The Bertz CT molecular complexity index is 353. The first-order chi connectivity index (χ1) is 8.49. The van der Waals surface area contributed by atoms with Crippen LogP contribution in [0.25, 0.3) is 0 Å². The Kier molecular flexibility index (Phi) is 5.25. The van der Waals surface area contributed by atoms with Gasteiger partial charge in [0.2, 0.25) is 5.91 Å². The number of hydrogen-bond acceptors (Lipinski definition) is 3. The molecule has 0 aromatic heterocycles. The van der Waals surface area contributed by atoms with E-state index in [4.69, 9.17) is 4.74 Å². The molecule has 0 aliphatic carbocycles. The molecule has 2 unspecified atom stereocenters. The quantitative estimate of drug-likeness (QED) is 0.711. The maximum atomic E-state index is 12.1. The number of esters is 1. The number of ether oxygens (including phenoxy) is 1. The summed E-state index contributed by atoms with van der Waals surface area (Å²) in [5.41, 5.74) is 0. The fraction of sp³-hybridized carbons (Fsp3) is 0.667. The zero-order valence-electron chi connectivity index (χ0n) is 10.5. The van der Waals surface area contributed by atoms with Gasteiger partial charge in [-0.05, 0) is 19.4 Å². The first-order valence-corrected chi connectivity index (χ1v) is 5.98. The zero-order valence-corrected chi connectivity index (χ0v) is 10.5. The van der Waals surface area contributed by atoms with Crippen molar-refractivity contribution in [1.29, 1.82) is 0 Å². The normalized spacial score (nSPS) is 20.8. The van der Waals surface area contributed by atoms with E-state index in [1.807, 2.05) is 0 Å². The van der Waals surface area contributed by atoms with Crippen LogP contribution >= 0.6 is 0 Å². The number of rotatable bonds is 5. The first-order valence-electron chi connectivity index (χ1n) is 5.98. The molecule has 0 aromatic rings. The lowest BCUT2D eigenvalue weighted by Crippen LogP contribution is -2.42. The smallest absolute Gasteiger partial charge is 0.328 e. The summed E-state index contributed by atoms with van der Waals surface area (Å²) in [7, 11) is 0. The zero-order chi connectivity index (χ0) is 13.7. The van der Waals surface area contributed by atoms with Crippen molar-refractivity contribution in [3.8, 4) is 0 Å². The van der Waals surface area contributed by atoms with Crippen LogP contribution in [-0.2, 0) is 14.3 Å². The van der Waals surface area contributed by atoms with Gasteiger partial charge in [-0.25, -0.2) is 4.79 Å². The van der Waals surface area contributed by atoms with Crippen LogP contribution < -0.4 is 0 Å². The lowest BCUT2D eigenvalue weighted by molar-refractivity contribution is -0.153. The number of hydrogen-bond donors (Lipinski definition) is 0. The van der Waals surface area contributed by atoms with Gasteiger partial charge in [0.05, 0.1) is 6.61 Å². The number of carbonyl (C=O) groups excluding carboxylic acids is 2. The maximum absolute atomic E-state index is 12.1. The molecule has 0 N–H and O–H groups in total. The molecule has 0 spiro atoms. The molecule has 18 heavy (non-hydrogen) atoms. The summed E-state index contributed by atoms with van der Waals surface area (Å²) in [4.78, 5) is 24.7. The molecule has 1 aliphatic rings. The Hall–Kier alpha value is -1.46. The summed E-state index contributed by atoms with van der Waals surface area (Å²) in [6.45, 7) is 3.82. The molecule has 4 nitrogen and oxygen atoms in total. The summed E-state index contributed by atoms with van der Waals surface area (Å²) < 4.78 is 29.2. The van der Waals surface area contributed by atoms with Gasteiger partial charge in [0, 0.05) is 18.9 Å². The van der Waals surface area contributed by atoms with Crippen LogP contribution in [0.5, 0.6) is 0 Å². The number of halogens is 2. The van der Waals surface area contributed by atoms with Gasteiger partial charge in [-0.1, -0.05) is 6.92 Å². The lowest BCUT2D eigenvalue weighted by atomic mass is 10.1. The van der Waals surface area contributed by atoms with E-state index in [1.165, 1.54) is 4.90 Å². The van der Waals surface area contributed by atoms with Crippen molar-refractivity contribution in [3.63, 3.8) is 0 Å². The highest BCUT2D eigenvalue weighted by molar-refractivity contribution is 5.86. The number of likely N-dealkylation sites (tertiary alicyclic amines) is 1. The molecule has 1 aliphatic heterocycles. The number of amides is 1. The second-order valence-corrected chi connectivity index (χ2v) is 4.14. The van der Waals surface area contributed by atoms with Crippen LogP contribution in [0.15, 0.2) is 12.2 Å². The monoisotopic (exact) mass is 261 g/mol. The van der Waals surface area contributed by atoms with Crippen LogP contribution in [0.3, 0.4) is 0 Å². The van der Waals surface area contributed by atoms with Crippen LogP contribution in [0.2, 0.25) is 0 Å². The summed E-state index contributed by atoms with van der Waals surface area (Å²) >= 11 is 0. The van der Waals surface area contributed by atoms with E-state index in [9.17, 15) is 18.4 Å². The van der Waals surface area contributed by atoms with Crippen LogP contribution in [0.4, 0.5) is 8.78 Å². The van der Waals surface area contributed by atoms with Gasteiger partial charge in [0.15, 0.2) is 0 Å². The molecule has 102 valence electrons. The van der Waals surface area contributed by atoms with Crippen LogP contribution in [0.1, 0.15) is 26.7 Å². The molecule has 1 heterocycles. The Labute approximate surface area is 105 Å². The van der Waals surface area contributed by atoms with Crippen LogP contribution in [-0.4, -0.2) is 36.0 Å². The summed E-state index contributed by atoms with van der Waals surface area (Å²) in [5, 5.41) is 0. The van der Waals surface area contributed by atoms with E-state index in [0.29, 0.717) is 6.42 Å². The SMILES string of the molecule is CCOC(=O)C(CC)N1CC(C=C(F)F)CC1=O. The van der Waals surface area contributed by atoms with Gasteiger partial charge >= 0.3 is 5.97 Å². The first kappa shape index (κ1) is 14.6. The predicted molar refractivity (Wildman–Crippen MR) is 60.8 cm³/mol. The summed E-state index contributed by atoms with van der Waals surface area (Å²) in [5.74, 6) is -1.28. The topological polar surface area (TPSA) is 46.6 Å². The van der Waals surface area contributed by atoms with Crippen molar-refractivity contribution in [2.75, 3.05) is 13.2 Å². The molecular weight excluding hydrogens is 244 g/mol. The fourth-order valence-corrected chi connectivity index (χ4v) is 2.10. The van der Waals surface area contributed by atoms with Crippen molar-refractivity contribution in [1.82, 2.24) is 4.90 Å². The second-order valence-electron chi connectivity index (χ2n) is 4.14. The van der Waals surface area contributed by atoms with Crippen molar-refractivity contribution >= 4 is 11.9 Å². The standard InChI is InChI=1S/C12H17F2NO3/c1-3-9(12(17)18-4-2)15-7-8(5-10(13)14)6-11(15)16/h5,8-9H,3-4,6-7H2,1-2H3. The molecule has 1 amide bonds. The van der Waals surface area contributed by atoms with E-state index < -0.39 is 24.0 Å². The minimum atomic E-state index is -1.79. The summed E-state index contributed by atoms with van der Waals surface area (Å²) in [6.07, 6.45) is -0.582. The van der Waals surface area contributed by atoms with E-state index in [1.54, 1.807) is 13.8 Å². The molecule has 1 fully saturated rings. The Morgan fingerprint density at radius 2 is 2.22 bits per heavy atom. The van der Waals surface area contributed by atoms with Gasteiger partial charge in [-0.15, -0.1) is 0 Å². The highest BCUT2D eigenvalue weighted by Gasteiger charge is 2.36. The molecule has 1 rings (SSSR count). The minimum absolute atomic E-state index is 0.0211. The van der Waals surface area contributed by atoms with Gasteiger partial charge in [-0.2, -0.15) is 8.78 Å². The predicted octanol–water partition coefficient (Wildman–Crippen LogP) is 1.96. The van der Waals surface area contributed by atoms with E-state index in [-0.39, 0.29) is 25.5 Å². The molecule has 2 atom stereocenters. The fourth-order valence-electron chi connectivity index (χ4n) is 2.10. The Morgan fingerprint density at radius 3 is 2.72 bits per heavy atom. The molecule has 1 saturated heterocycles. The average molecular weight is 261 g/mol.